The van der Waals surface area contributed by atoms with E-state index in [0.717, 1.165) is 23.6 Å². The Balaban J connectivity index is 2.76. The van der Waals surface area contributed by atoms with Crippen molar-refractivity contribution in [3.8, 4) is 0 Å². The Hall–Kier alpha value is -1.32. The Morgan fingerprint density at radius 1 is 1.16 bits per heavy atom. The number of nitrogen functional groups attached to an aromatic ring is 1. The van der Waals surface area contributed by atoms with Crippen LogP contribution in [0.2, 0.25) is 0 Å². The van der Waals surface area contributed by atoms with E-state index >= 15 is 0 Å². The van der Waals surface area contributed by atoms with Crippen LogP contribution in [-0.4, -0.2) is 16.0 Å². The van der Waals surface area contributed by atoms with Crippen LogP contribution in [0.4, 0.5) is 11.6 Å². The van der Waals surface area contributed by atoms with Crippen LogP contribution < -0.4 is 11.1 Å². The maximum Gasteiger partial charge on any atom is 0.135 e. The summed E-state index contributed by atoms with van der Waals surface area (Å²) >= 11 is 0. The minimum absolute atomic E-state index is 0.291. The number of aromatic nitrogens is 2. The van der Waals surface area contributed by atoms with E-state index in [2.05, 4.69) is 43.0 Å². The van der Waals surface area contributed by atoms with Crippen molar-refractivity contribution in [3.05, 3.63) is 11.4 Å². The number of nitrogens with zero attached hydrogens (tertiary/aromatic N) is 2. The summed E-state index contributed by atoms with van der Waals surface area (Å²) in [7, 11) is 0. The van der Waals surface area contributed by atoms with Gasteiger partial charge in [-0.1, -0.05) is 40.0 Å². The highest BCUT2D eigenvalue weighted by molar-refractivity contribution is 5.55. The molecule has 19 heavy (non-hydrogen) atoms. The van der Waals surface area contributed by atoms with Gasteiger partial charge >= 0.3 is 0 Å². The van der Waals surface area contributed by atoms with Gasteiger partial charge in [-0.25, -0.2) is 9.97 Å². The summed E-state index contributed by atoms with van der Waals surface area (Å²) in [6.07, 6.45) is 4.95. The highest BCUT2D eigenvalue weighted by Crippen LogP contribution is 2.22. The van der Waals surface area contributed by atoms with Gasteiger partial charge in [0.15, 0.2) is 0 Å². The van der Waals surface area contributed by atoms with Crippen LogP contribution >= 0.6 is 0 Å². The average molecular weight is 264 g/mol. The minimum Gasteiger partial charge on any atom is -0.383 e. The summed E-state index contributed by atoms with van der Waals surface area (Å²) in [5.41, 5.74) is 6.92. The number of rotatable bonds is 7. The van der Waals surface area contributed by atoms with Crippen molar-refractivity contribution in [2.24, 2.45) is 0 Å². The second-order valence-corrected chi connectivity index (χ2v) is 5.64. The van der Waals surface area contributed by atoms with Crippen molar-refractivity contribution in [1.29, 1.82) is 0 Å². The first-order chi connectivity index (χ1) is 8.95. The molecule has 1 aromatic rings. The first kappa shape index (κ1) is 15.7. The molecule has 1 aromatic heterocycles. The van der Waals surface area contributed by atoms with Crippen molar-refractivity contribution in [2.45, 2.75) is 72.3 Å². The van der Waals surface area contributed by atoms with Gasteiger partial charge in [-0.15, -0.1) is 0 Å². The van der Waals surface area contributed by atoms with E-state index in [9.17, 15) is 0 Å². The van der Waals surface area contributed by atoms with Crippen LogP contribution in [-0.2, 0) is 0 Å². The highest BCUT2D eigenvalue weighted by atomic mass is 15.1. The van der Waals surface area contributed by atoms with Gasteiger partial charge in [-0.05, 0) is 20.3 Å². The Morgan fingerprint density at radius 3 is 2.42 bits per heavy atom. The van der Waals surface area contributed by atoms with Crippen LogP contribution in [0.15, 0.2) is 0 Å². The summed E-state index contributed by atoms with van der Waals surface area (Å²) in [5, 5.41) is 3.47. The molecule has 0 fully saturated rings. The normalized spacial score (nSPS) is 12.7. The standard InChI is InChI=1S/C15H28N4/c1-6-7-8-9-11(4)17-15-12(5)13(16)18-14(19-15)10(2)3/h10-11H,6-9H2,1-5H3,(H3,16,17,18,19). The Kier molecular flexibility index (Phi) is 6.06. The van der Waals surface area contributed by atoms with E-state index in [-0.39, 0.29) is 0 Å². The van der Waals surface area contributed by atoms with Crippen molar-refractivity contribution in [3.63, 3.8) is 0 Å². The largest absolute Gasteiger partial charge is 0.383 e. The van der Waals surface area contributed by atoms with Gasteiger partial charge in [0.1, 0.15) is 17.5 Å². The molecule has 1 atom stereocenters. The van der Waals surface area contributed by atoms with E-state index in [1.165, 1.54) is 19.3 Å². The Bertz CT molecular complexity index is 401. The fraction of sp³-hybridized carbons (Fsp3) is 0.733. The van der Waals surface area contributed by atoms with E-state index in [4.69, 9.17) is 5.73 Å². The van der Waals surface area contributed by atoms with Crippen LogP contribution in [0.1, 0.15) is 70.7 Å². The molecule has 0 saturated heterocycles. The number of hydrogen-bond acceptors (Lipinski definition) is 4. The lowest BCUT2D eigenvalue weighted by Crippen LogP contribution is -2.18. The molecule has 1 unspecified atom stereocenters. The zero-order chi connectivity index (χ0) is 14.4. The second kappa shape index (κ2) is 7.31. The highest BCUT2D eigenvalue weighted by Gasteiger charge is 2.12. The monoisotopic (exact) mass is 264 g/mol. The molecule has 0 spiro atoms. The van der Waals surface area contributed by atoms with Crippen LogP contribution in [0.25, 0.3) is 0 Å². The fourth-order valence-electron chi connectivity index (χ4n) is 1.96. The summed E-state index contributed by atoms with van der Waals surface area (Å²) in [6.45, 7) is 10.6. The van der Waals surface area contributed by atoms with E-state index in [0.29, 0.717) is 17.8 Å². The van der Waals surface area contributed by atoms with Gasteiger partial charge < -0.3 is 11.1 Å². The van der Waals surface area contributed by atoms with Crippen molar-refractivity contribution >= 4 is 11.6 Å². The maximum absolute atomic E-state index is 5.97. The molecule has 0 amide bonds. The third-order valence-electron chi connectivity index (χ3n) is 3.34. The van der Waals surface area contributed by atoms with Gasteiger partial charge in [0, 0.05) is 17.5 Å². The smallest absolute Gasteiger partial charge is 0.135 e. The van der Waals surface area contributed by atoms with Crippen LogP contribution in [0.3, 0.4) is 0 Å². The van der Waals surface area contributed by atoms with Gasteiger partial charge in [0.2, 0.25) is 0 Å². The van der Waals surface area contributed by atoms with Gasteiger partial charge in [-0.2, -0.15) is 0 Å². The quantitative estimate of drug-likeness (QED) is 0.734. The van der Waals surface area contributed by atoms with E-state index < -0.39 is 0 Å². The Morgan fingerprint density at radius 2 is 1.84 bits per heavy atom. The van der Waals surface area contributed by atoms with Crippen molar-refractivity contribution in [2.75, 3.05) is 11.1 Å². The van der Waals surface area contributed by atoms with Gasteiger partial charge in [0.05, 0.1) is 0 Å². The van der Waals surface area contributed by atoms with E-state index in [1.807, 2.05) is 6.92 Å². The second-order valence-electron chi connectivity index (χ2n) is 5.64. The lowest BCUT2D eigenvalue weighted by Gasteiger charge is -2.18. The summed E-state index contributed by atoms with van der Waals surface area (Å²) in [6, 6.07) is 0.416. The first-order valence-electron chi connectivity index (χ1n) is 7.36. The minimum atomic E-state index is 0.291. The third kappa shape index (κ3) is 4.69. The number of nitrogens with two attached hydrogens (primary N) is 1. The number of unbranched alkanes of at least 4 members (excludes halogenated alkanes) is 2. The van der Waals surface area contributed by atoms with Crippen LogP contribution in [0.5, 0.6) is 0 Å². The maximum atomic E-state index is 5.97. The predicted octanol–water partition coefficient (Wildman–Crippen LogP) is 3.87. The Labute approximate surface area is 117 Å². The molecule has 0 aliphatic rings. The molecule has 0 aromatic carbocycles. The summed E-state index contributed by atoms with van der Waals surface area (Å²) in [5.74, 6) is 2.58. The van der Waals surface area contributed by atoms with Crippen LogP contribution in [0, 0.1) is 6.92 Å². The first-order valence-corrected chi connectivity index (χ1v) is 7.36. The molecule has 108 valence electrons. The van der Waals surface area contributed by atoms with Crippen molar-refractivity contribution in [1.82, 2.24) is 9.97 Å². The molecule has 1 rings (SSSR count). The zero-order valence-corrected chi connectivity index (χ0v) is 13.0. The molecule has 0 radical (unpaired) electrons. The molecule has 4 heteroatoms. The third-order valence-corrected chi connectivity index (χ3v) is 3.34. The number of hydrogen-bond donors (Lipinski definition) is 2. The molecule has 4 nitrogen and oxygen atoms in total. The SMILES string of the molecule is CCCCCC(C)Nc1nc(C(C)C)nc(N)c1C. The molecule has 0 aliphatic carbocycles. The lowest BCUT2D eigenvalue weighted by molar-refractivity contribution is 0.612. The van der Waals surface area contributed by atoms with Gasteiger partial charge in [-0.3, -0.25) is 0 Å². The molecule has 3 N–H and O–H groups in total. The van der Waals surface area contributed by atoms with Crippen molar-refractivity contribution < 1.29 is 0 Å². The molecular formula is C15H28N4. The number of anilines is 2. The summed E-state index contributed by atoms with van der Waals surface area (Å²) < 4.78 is 0. The summed E-state index contributed by atoms with van der Waals surface area (Å²) in [4.78, 5) is 8.94. The molecule has 0 bridgehead atoms. The fourth-order valence-corrected chi connectivity index (χ4v) is 1.96. The predicted molar refractivity (Wildman–Crippen MR) is 82.5 cm³/mol. The van der Waals surface area contributed by atoms with E-state index in [1.54, 1.807) is 0 Å². The number of nitrogens with one attached hydrogen (secondary N) is 1. The average Bonchev–Trinajstić information content (AvgIpc) is 2.34. The molecule has 1 heterocycles. The molecule has 0 aliphatic heterocycles. The lowest BCUT2D eigenvalue weighted by atomic mass is 10.1. The van der Waals surface area contributed by atoms with Gasteiger partial charge in [0.25, 0.3) is 0 Å². The molecular weight excluding hydrogens is 236 g/mol. The topological polar surface area (TPSA) is 63.8 Å². The molecule has 0 saturated carbocycles. The zero-order valence-electron chi connectivity index (χ0n) is 13.0.